The van der Waals surface area contributed by atoms with E-state index >= 15 is 0 Å². The zero-order valence-corrected chi connectivity index (χ0v) is 27.6. The van der Waals surface area contributed by atoms with Crippen LogP contribution in [0.1, 0.15) is 130 Å². The third-order valence-electron chi connectivity index (χ3n) is 7.22. The lowest BCUT2D eigenvalue weighted by Gasteiger charge is -2.16. The summed E-state index contributed by atoms with van der Waals surface area (Å²) in [6, 6.07) is 11.3. The van der Waals surface area contributed by atoms with Gasteiger partial charge in [0.25, 0.3) is 0 Å². The van der Waals surface area contributed by atoms with Crippen LogP contribution in [-0.4, -0.2) is 34.1 Å². The number of unbranched alkanes of at least 4 members (excludes halogenated alkanes) is 12. The van der Waals surface area contributed by atoms with Crippen molar-refractivity contribution in [2.24, 2.45) is 0 Å². The fourth-order valence-corrected chi connectivity index (χ4v) is 4.57. The van der Waals surface area contributed by atoms with Crippen LogP contribution in [0.2, 0.25) is 0 Å². The molecule has 7 heteroatoms. The van der Waals surface area contributed by atoms with E-state index in [0.717, 1.165) is 50.0 Å². The number of ether oxygens (including phenoxy) is 4. The monoisotopic (exact) mass is 597 g/mol. The summed E-state index contributed by atoms with van der Waals surface area (Å²) in [5.41, 5.74) is 0. The second-order valence-electron chi connectivity index (χ2n) is 11.2. The van der Waals surface area contributed by atoms with Gasteiger partial charge in [-0.1, -0.05) is 105 Å². The summed E-state index contributed by atoms with van der Waals surface area (Å²) in [5, 5.41) is 0. The van der Waals surface area contributed by atoms with Crippen LogP contribution in [0.5, 0.6) is 34.5 Å². The summed E-state index contributed by atoms with van der Waals surface area (Å²) in [6.07, 6.45) is 18.5. The topological polar surface area (TPSA) is 55.4 Å². The molecule has 0 fully saturated rings. The Morgan fingerprint density at radius 3 is 1.05 bits per heavy atom. The van der Waals surface area contributed by atoms with Gasteiger partial charge < -0.3 is 28.3 Å². The van der Waals surface area contributed by atoms with Gasteiger partial charge in [-0.3, -0.25) is 0 Å². The number of hydrogen-bond acceptors (Lipinski definition) is 6. The maximum Gasteiger partial charge on any atom is 0.658 e. The maximum atomic E-state index is 6.12. The van der Waals surface area contributed by atoms with Crippen molar-refractivity contribution in [3.05, 3.63) is 36.4 Å². The van der Waals surface area contributed by atoms with Gasteiger partial charge in [-0.25, -0.2) is 0 Å². The van der Waals surface area contributed by atoms with Crippen molar-refractivity contribution in [3.8, 4) is 34.5 Å². The van der Waals surface area contributed by atoms with Crippen molar-refractivity contribution >= 4 is 7.69 Å². The van der Waals surface area contributed by atoms with Crippen LogP contribution in [0, 0.1) is 0 Å². The fraction of sp³-hybridized carbons (Fsp3) is 0.667. The molecular weight excluding hydrogens is 539 g/mol. The predicted molar refractivity (Wildman–Crippen MR) is 178 cm³/mol. The van der Waals surface area contributed by atoms with Gasteiger partial charge in [-0.05, 0) is 49.9 Å². The first-order valence-electron chi connectivity index (χ1n) is 17.2. The van der Waals surface area contributed by atoms with Crippen LogP contribution in [-0.2, 0) is 0 Å². The summed E-state index contributed by atoms with van der Waals surface area (Å²) in [6.45, 7) is 11.5. The minimum absolute atomic E-state index is 0.626. The lowest BCUT2D eigenvalue weighted by atomic mass is 10.2. The molecule has 0 aromatic heterocycles. The first-order chi connectivity index (χ1) is 21.2. The molecule has 0 atom stereocenters. The van der Waals surface area contributed by atoms with Gasteiger partial charge in [-0.2, -0.15) is 0 Å². The molecule has 2 rings (SSSR count). The van der Waals surface area contributed by atoms with Gasteiger partial charge >= 0.3 is 7.69 Å². The van der Waals surface area contributed by atoms with E-state index in [0.29, 0.717) is 49.4 Å². The van der Waals surface area contributed by atoms with Crippen molar-refractivity contribution in [1.82, 2.24) is 0 Å². The van der Waals surface area contributed by atoms with Crippen molar-refractivity contribution in [3.63, 3.8) is 0 Å². The lowest BCUT2D eigenvalue weighted by molar-refractivity contribution is 0.257. The molecule has 2 aromatic carbocycles. The molecule has 0 spiro atoms. The van der Waals surface area contributed by atoms with Gasteiger partial charge in [0.2, 0.25) is 0 Å². The molecule has 0 aliphatic rings. The smallest absolute Gasteiger partial charge is 0.526 e. The normalized spacial score (nSPS) is 10.8. The largest absolute Gasteiger partial charge is 0.658 e. The van der Waals surface area contributed by atoms with Crippen LogP contribution in [0.15, 0.2) is 36.4 Å². The highest BCUT2D eigenvalue weighted by Crippen LogP contribution is 2.34. The van der Waals surface area contributed by atoms with Crippen LogP contribution in [0.3, 0.4) is 0 Å². The van der Waals surface area contributed by atoms with Crippen molar-refractivity contribution in [2.45, 2.75) is 130 Å². The molecule has 2 aromatic rings. The van der Waals surface area contributed by atoms with E-state index in [1.54, 1.807) is 0 Å². The quantitative estimate of drug-likeness (QED) is 0.0719. The molecule has 0 amide bonds. The molecule has 0 N–H and O–H groups in total. The van der Waals surface area contributed by atoms with E-state index in [-0.39, 0.29) is 0 Å². The molecule has 0 heterocycles. The Balaban J connectivity index is 1.97. The molecule has 0 aliphatic carbocycles. The first-order valence-corrected chi connectivity index (χ1v) is 17.2. The highest BCUT2D eigenvalue weighted by atomic mass is 16.6. The van der Waals surface area contributed by atoms with Gasteiger partial charge in [0.15, 0.2) is 23.0 Å². The molecule has 0 bridgehead atoms. The molecule has 0 saturated heterocycles. The molecular formula is C36H58BO6. The van der Waals surface area contributed by atoms with E-state index in [9.17, 15) is 0 Å². The minimum Gasteiger partial charge on any atom is -0.526 e. The number of rotatable bonds is 28. The Morgan fingerprint density at radius 2 is 0.721 bits per heavy atom. The standard InChI is InChI=1S/C36H58BO6/c1-5-9-13-17-25-38-33-23-21-31(29-35(33)40-27-19-15-11-7-3)42-37-43-32-22-24-34(39-26-18-14-10-6-2)36(30-32)41-28-20-16-12-8-4/h21-24,29-30H,5-20,25-28H2,1-4H3. The highest BCUT2D eigenvalue weighted by molar-refractivity contribution is 6.20. The van der Waals surface area contributed by atoms with Crippen molar-refractivity contribution in [2.75, 3.05) is 26.4 Å². The molecule has 6 nitrogen and oxygen atoms in total. The summed E-state index contributed by atoms with van der Waals surface area (Å²) < 4.78 is 36.1. The first kappa shape index (κ1) is 36.5. The van der Waals surface area contributed by atoms with Crippen LogP contribution in [0.25, 0.3) is 0 Å². The molecule has 0 unspecified atom stereocenters. The predicted octanol–water partition coefficient (Wildman–Crippen LogP) is 10.5. The Hall–Kier alpha value is -2.70. The van der Waals surface area contributed by atoms with Crippen molar-refractivity contribution < 1.29 is 28.3 Å². The van der Waals surface area contributed by atoms with Crippen LogP contribution in [0.4, 0.5) is 0 Å². The Morgan fingerprint density at radius 1 is 0.395 bits per heavy atom. The second-order valence-corrected chi connectivity index (χ2v) is 11.2. The van der Waals surface area contributed by atoms with E-state index in [1.807, 2.05) is 36.4 Å². The van der Waals surface area contributed by atoms with Gasteiger partial charge in [0.05, 0.1) is 26.4 Å². The molecule has 0 saturated carbocycles. The summed E-state index contributed by atoms with van der Waals surface area (Å²) in [7, 11) is 1.34. The number of hydrogen-bond donors (Lipinski definition) is 0. The fourth-order valence-electron chi connectivity index (χ4n) is 4.57. The second kappa shape index (κ2) is 24.7. The van der Waals surface area contributed by atoms with Gasteiger partial charge in [-0.15, -0.1) is 0 Å². The van der Waals surface area contributed by atoms with Crippen LogP contribution < -0.4 is 28.3 Å². The van der Waals surface area contributed by atoms with E-state index in [4.69, 9.17) is 28.3 Å². The number of benzene rings is 2. The average Bonchev–Trinajstić information content (AvgIpc) is 3.02. The SMILES string of the molecule is CCCCCCOc1ccc(O[B]Oc2ccc(OCCCCCC)c(OCCCCCC)c2)cc1OCCCCCC. The van der Waals surface area contributed by atoms with E-state index in [2.05, 4.69) is 27.7 Å². The Bertz CT molecular complexity index is 878. The maximum absolute atomic E-state index is 6.12. The minimum atomic E-state index is 0.626. The lowest BCUT2D eigenvalue weighted by Crippen LogP contribution is -2.12. The van der Waals surface area contributed by atoms with Crippen LogP contribution >= 0.6 is 0 Å². The van der Waals surface area contributed by atoms with Gasteiger partial charge in [0, 0.05) is 12.1 Å². The van der Waals surface area contributed by atoms with E-state index in [1.165, 1.54) is 71.9 Å². The zero-order valence-electron chi connectivity index (χ0n) is 27.6. The van der Waals surface area contributed by atoms with E-state index < -0.39 is 0 Å². The molecule has 43 heavy (non-hydrogen) atoms. The van der Waals surface area contributed by atoms with Gasteiger partial charge in [0.1, 0.15) is 11.5 Å². The third-order valence-corrected chi connectivity index (χ3v) is 7.22. The summed E-state index contributed by atoms with van der Waals surface area (Å²) in [4.78, 5) is 0. The third kappa shape index (κ3) is 16.7. The summed E-state index contributed by atoms with van der Waals surface area (Å²) in [5.74, 6) is 4.18. The summed E-state index contributed by atoms with van der Waals surface area (Å²) >= 11 is 0. The van der Waals surface area contributed by atoms with Crippen molar-refractivity contribution in [1.29, 1.82) is 0 Å². The Labute approximate surface area is 263 Å². The molecule has 241 valence electrons. The molecule has 0 aliphatic heterocycles. The highest BCUT2D eigenvalue weighted by Gasteiger charge is 2.12. The average molecular weight is 598 g/mol. The molecule has 1 radical (unpaired) electrons. The Kier molecular flexibility index (Phi) is 21.0. The zero-order chi connectivity index (χ0) is 30.8.